The Labute approximate surface area is 128 Å². The molecule has 0 bridgehead atoms. The molecule has 0 saturated heterocycles. The van der Waals surface area contributed by atoms with Crippen molar-refractivity contribution < 1.29 is 8.95 Å². The van der Waals surface area contributed by atoms with Crippen LogP contribution in [0.2, 0.25) is 0 Å². The molecule has 0 amide bonds. The first-order valence-electron chi connectivity index (χ1n) is 6.86. The minimum Gasteiger partial charge on any atom is -0.489 e. The highest BCUT2D eigenvalue weighted by atomic mass is 32.2. The number of nitrogens with one attached hydrogen (secondary N) is 1. The molecule has 0 saturated carbocycles. The maximum atomic E-state index is 11.0. The largest absolute Gasteiger partial charge is 0.489 e. The molecule has 1 aromatic heterocycles. The Hall–Kier alpha value is -1.72. The Morgan fingerprint density at radius 2 is 2.10 bits per heavy atom. The number of para-hydroxylation sites is 1. The maximum Gasteiger partial charge on any atom is 0.124 e. The van der Waals surface area contributed by atoms with Gasteiger partial charge in [0.15, 0.2) is 0 Å². The van der Waals surface area contributed by atoms with Crippen molar-refractivity contribution in [2.24, 2.45) is 0 Å². The Balaban J connectivity index is 1.89. The number of aromatic nitrogens is 1. The van der Waals surface area contributed by atoms with Crippen LogP contribution in [0.15, 0.2) is 48.8 Å². The molecule has 1 atom stereocenters. The van der Waals surface area contributed by atoms with E-state index < -0.39 is 10.8 Å². The van der Waals surface area contributed by atoms with Crippen molar-refractivity contribution in [2.45, 2.75) is 13.2 Å². The molecule has 4 nitrogen and oxygen atoms in total. The minimum absolute atomic E-state index is 0.504. The lowest BCUT2D eigenvalue weighted by atomic mass is 10.2. The molecule has 1 heterocycles. The van der Waals surface area contributed by atoms with Gasteiger partial charge < -0.3 is 10.1 Å². The molecule has 0 aliphatic rings. The number of benzene rings is 1. The number of rotatable bonds is 8. The predicted molar refractivity (Wildman–Crippen MR) is 85.7 cm³/mol. The molecule has 112 valence electrons. The predicted octanol–water partition coefficient (Wildman–Crippen LogP) is 2.13. The van der Waals surface area contributed by atoms with E-state index in [0.29, 0.717) is 18.9 Å². The van der Waals surface area contributed by atoms with Crippen LogP contribution in [0, 0.1) is 0 Å². The number of ether oxygens (including phenoxy) is 1. The van der Waals surface area contributed by atoms with Gasteiger partial charge in [-0.05, 0) is 12.1 Å². The molecule has 5 heteroatoms. The lowest BCUT2D eigenvalue weighted by Gasteiger charge is -2.12. The Morgan fingerprint density at radius 1 is 1.24 bits per heavy atom. The zero-order valence-corrected chi connectivity index (χ0v) is 12.9. The summed E-state index contributed by atoms with van der Waals surface area (Å²) >= 11 is 0. The summed E-state index contributed by atoms with van der Waals surface area (Å²) in [6.07, 6.45) is 5.27. The number of hydrogen-bond donors (Lipinski definition) is 1. The second-order valence-corrected chi connectivity index (χ2v) is 6.27. The van der Waals surface area contributed by atoms with Gasteiger partial charge in [0.25, 0.3) is 0 Å². The lowest BCUT2D eigenvalue weighted by molar-refractivity contribution is 0.302. The molecule has 0 unspecified atom stereocenters. The third-order valence-corrected chi connectivity index (χ3v) is 3.75. The summed E-state index contributed by atoms with van der Waals surface area (Å²) in [4.78, 5) is 4.08. The number of hydrogen-bond acceptors (Lipinski definition) is 4. The van der Waals surface area contributed by atoms with Gasteiger partial charge in [0.2, 0.25) is 0 Å². The highest BCUT2D eigenvalue weighted by molar-refractivity contribution is 7.84. The smallest absolute Gasteiger partial charge is 0.124 e. The Kier molecular flexibility index (Phi) is 6.37. The summed E-state index contributed by atoms with van der Waals surface area (Å²) in [6.45, 7) is 1.95. The Morgan fingerprint density at radius 3 is 2.86 bits per heavy atom. The van der Waals surface area contributed by atoms with Crippen molar-refractivity contribution in [3.8, 4) is 5.75 Å². The van der Waals surface area contributed by atoms with E-state index in [1.54, 1.807) is 18.6 Å². The molecule has 2 aromatic rings. The van der Waals surface area contributed by atoms with Crippen LogP contribution < -0.4 is 10.1 Å². The Bertz CT molecular complexity index is 575. The van der Waals surface area contributed by atoms with Crippen LogP contribution in [0.1, 0.15) is 11.1 Å². The van der Waals surface area contributed by atoms with Gasteiger partial charge in [0, 0.05) is 59.4 Å². The van der Waals surface area contributed by atoms with Crippen LogP contribution in [0.25, 0.3) is 0 Å². The van der Waals surface area contributed by atoms with Gasteiger partial charge in [0.1, 0.15) is 12.4 Å². The van der Waals surface area contributed by atoms with Gasteiger partial charge in [-0.25, -0.2) is 0 Å². The summed E-state index contributed by atoms with van der Waals surface area (Å²) in [5.41, 5.74) is 2.14. The van der Waals surface area contributed by atoms with Crippen molar-refractivity contribution in [1.82, 2.24) is 10.3 Å². The van der Waals surface area contributed by atoms with E-state index in [1.807, 2.05) is 36.4 Å². The van der Waals surface area contributed by atoms with Crippen molar-refractivity contribution in [2.75, 3.05) is 18.6 Å². The highest BCUT2D eigenvalue weighted by Gasteiger charge is 2.03. The van der Waals surface area contributed by atoms with E-state index in [9.17, 15) is 4.21 Å². The van der Waals surface area contributed by atoms with Gasteiger partial charge in [-0.3, -0.25) is 9.19 Å². The molecule has 0 radical (unpaired) electrons. The normalized spacial score (nSPS) is 12.0. The van der Waals surface area contributed by atoms with Crippen LogP contribution in [0.5, 0.6) is 5.75 Å². The summed E-state index contributed by atoms with van der Waals surface area (Å²) < 4.78 is 16.9. The maximum absolute atomic E-state index is 11.0. The molecule has 1 aromatic carbocycles. The zero-order valence-electron chi connectivity index (χ0n) is 12.1. The van der Waals surface area contributed by atoms with Crippen molar-refractivity contribution in [1.29, 1.82) is 0 Å². The summed E-state index contributed by atoms with van der Waals surface area (Å²) in [7, 11) is -0.758. The molecule has 2 rings (SSSR count). The van der Waals surface area contributed by atoms with Gasteiger partial charge in [-0.15, -0.1) is 0 Å². The second kappa shape index (κ2) is 8.54. The fourth-order valence-corrected chi connectivity index (χ4v) is 2.31. The minimum atomic E-state index is -0.758. The van der Waals surface area contributed by atoms with Crippen LogP contribution in [0.3, 0.4) is 0 Å². The van der Waals surface area contributed by atoms with E-state index in [4.69, 9.17) is 4.74 Å². The average Bonchev–Trinajstić information content (AvgIpc) is 2.51. The molecule has 0 aliphatic heterocycles. The first kappa shape index (κ1) is 15.7. The lowest BCUT2D eigenvalue weighted by Crippen LogP contribution is -2.20. The quantitative estimate of drug-likeness (QED) is 0.759. The molecule has 21 heavy (non-hydrogen) atoms. The summed E-state index contributed by atoms with van der Waals surface area (Å²) in [5.74, 6) is 1.53. The fourth-order valence-electron chi connectivity index (χ4n) is 1.87. The molecule has 0 aliphatic carbocycles. The highest BCUT2D eigenvalue weighted by Crippen LogP contribution is 2.19. The van der Waals surface area contributed by atoms with Crippen molar-refractivity contribution in [3.63, 3.8) is 0 Å². The molecular weight excluding hydrogens is 284 g/mol. The molecular formula is C16H20N2O2S. The average molecular weight is 304 g/mol. The third kappa shape index (κ3) is 5.65. The second-order valence-electron chi connectivity index (χ2n) is 4.71. The van der Waals surface area contributed by atoms with Gasteiger partial charge in [-0.1, -0.05) is 24.3 Å². The van der Waals surface area contributed by atoms with E-state index in [1.165, 1.54) is 0 Å². The van der Waals surface area contributed by atoms with E-state index in [0.717, 1.165) is 23.4 Å². The number of nitrogens with zero attached hydrogens (tertiary/aromatic N) is 1. The van der Waals surface area contributed by atoms with Gasteiger partial charge in [0.05, 0.1) is 0 Å². The van der Waals surface area contributed by atoms with Gasteiger partial charge >= 0.3 is 0 Å². The van der Waals surface area contributed by atoms with Crippen molar-refractivity contribution in [3.05, 3.63) is 59.9 Å². The first-order chi connectivity index (χ1) is 10.3. The van der Waals surface area contributed by atoms with Crippen LogP contribution in [-0.4, -0.2) is 27.7 Å². The monoisotopic (exact) mass is 304 g/mol. The molecule has 0 fully saturated rings. The number of pyridine rings is 1. The topological polar surface area (TPSA) is 51.2 Å². The van der Waals surface area contributed by atoms with Gasteiger partial charge in [-0.2, -0.15) is 0 Å². The summed E-state index contributed by atoms with van der Waals surface area (Å²) in [6, 6.07) is 11.8. The first-order valence-corrected chi connectivity index (χ1v) is 8.59. The standard InChI is InChI=1S/C16H20N2O2S/c1-21(19)10-9-18-12-15-6-2-3-7-16(15)20-13-14-5-4-8-17-11-14/h2-8,11,18H,9-10,12-13H2,1H3/t21-/m0/s1. The fraction of sp³-hybridized carbons (Fsp3) is 0.312. The zero-order chi connectivity index (χ0) is 14.9. The van der Waals surface area contributed by atoms with Crippen LogP contribution >= 0.6 is 0 Å². The molecule has 0 spiro atoms. The van der Waals surface area contributed by atoms with Crippen molar-refractivity contribution >= 4 is 10.8 Å². The van der Waals surface area contributed by atoms with E-state index in [2.05, 4.69) is 10.3 Å². The van der Waals surface area contributed by atoms with E-state index in [-0.39, 0.29) is 0 Å². The summed E-state index contributed by atoms with van der Waals surface area (Å²) in [5, 5.41) is 3.29. The molecule has 1 N–H and O–H groups in total. The van der Waals surface area contributed by atoms with E-state index >= 15 is 0 Å². The SMILES string of the molecule is C[S@](=O)CCNCc1ccccc1OCc1cccnc1. The third-order valence-electron chi connectivity index (χ3n) is 2.97. The van der Waals surface area contributed by atoms with Crippen LogP contribution in [-0.2, 0) is 24.0 Å². The van der Waals surface area contributed by atoms with Crippen LogP contribution in [0.4, 0.5) is 0 Å².